The van der Waals surface area contributed by atoms with Gasteiger partial charge in [-0.1, -0.05) is 11.2 Å². The molecule has 2 aromatic heterocycles. The first-order chi connectivity index (χ1) is 9.31. The van der Waals surface area contributed by atoms with Gasteiger partial charge in [-0.15, -0.1) is 0 Å². The molecule has 0 aliphatic carbocycles. The lowest BCUT2D eigenvalue weighted by Crippen LogP contribution is -1.98. The lowest BCUT2D eigenvalue weighted by atomic mass is 10.3. The Morgan fingerprint density at radius 1 is 1.21 bits per heavy atom. The summed E-state index contributed by atoms with van der Waals surface area (Å²) >= 11 is 0. The van der Waals surface area contributed by atoms with Crippen LogP contribution >= 0.6 is 0 Å². The third-order valence-corrected chi connectivity index (χ3v) is 2.43. The van der Waals surface area contributed by atoms with Crippen LogP contribution in [0.2, 0.25) is 0 Å². The summed E-state index contributed by atoms with van der Waals surface area (Å²) in [5.74, 6) is 1.96. The van der Waals surface area contributed by atoms with Crippen LogP contribution in [0.4, 0.5) is 5.69 Å². The van der Waals surface area contributed by atoms with Gasteiger partial charge in [0.05, 0.1) is 6.26 Å². The van der Waals surface area contributed by atoms with E-state index in [0.717, 1.165) is 0 Å². The predicted molar refractivity (Wildman–Crippen MR) is 67.2 cm³/mol. The average Bonchev–Trinajstić information content (AvgIpc) is 3.07. The number of furan rings is 1. The first-order valence-corrected chi connectivity index (χ1v) is 5.66. The van der Waals surface area contributed by atoms with Crippen LogP contribution in [0, 0.1) is 0 Å². The van der Waals surface area contributed by atoms with Gasteiger partial charge in [-0.3, -0.25) is 0 Å². The molecule has 0 bridgehead atoms. The van der Waals surface area contributed by atoms with E-state index in [-0.39, 0.29) is 6.61 Å². The van der Waals surface area contributed by atoms with Crippen LogP contribution in [0.3, 0.4) is 0 Å². The van der Waals surface area contributed by atoms with Crippen LogP contribution < -0.4 is 10.5 Å². The van der Waals surface area contributed by atoms with Gasteiger partial charge < -0.3 is 19.4 Å². The van der Waals surface area contributed by atoms with E-state index in [9.17, 15) is 0 Å². The Morgan fingerprint density at radius 2 is 2.16 bits per heavy atom. The molecule has 0 radical (unpaired) electrons. The van der Waals surface area contributed by atoms with Gasteiger partial charge in [0.2, 0.25) is 5.82 Å². The number of benzene rings is 1. The highest BCUT2D eigenvalue weighted by atomic mass is 16.5. The molecule has 0 unspecified atom stereocenters. The quantitative estimate of drug-likeness (QED) is 0.722. The number of hydrogen-bond acceptors (Lipinski definition) is 6. The molecular weight excluding hydrogens is 246 g/mol. The highest BCUT2D eigenvalue weighted by molar-refractivity contribution is 5.44. The molecule has 0 aliphatic rings. The fourth-order valence-corrected chi connectivity index (χ4v) is 1.57. The Bertz CT molecular complexity index is 661. The zero-order chi connectivity index (χ0) is 13.1. The highest BCUT2D eigenvalue weighted by Gasteiger charge is 2.11. The summed E-state index contributed by atoms with van der Waals surface area (Å²) in [4.78, 5) is 4.16. The van der Waals surface area contributed by atoms with E-state index in [1.807, 2.05) is 12.1 Å². The molecule has 0 fully saturated rings. The Hall–Kier alpha value is -2.76. The second kappa shape index (κ2) is 4.85. The largest absolute Gasteiger partial charge is 0.485 e. The number of nitrogens with two attached hydrogens (primary N) is 1. The Morgan fingerprint density at radius 3 is 2.95 bits per heavy atom. The fourth-order valence-electron chi connectivity index (χ4n) is 1.57. The molecular formula is C13H11N3O3. The van der Waals surface area contributed by atoms with Crippen LogP contribution in [0.5, 0.6) is 5.75 Å². The molecule has 6 heteroatoms. The van der Waals surface area contributed by atoms with Gasteiger partial charge in [0.15, 0.2) is 12.4 Å². The first kappa shape index (κ1) is 11.3. The second-order valence-corrected chi connectivity index (χ2v) is 3.85. The van der Waals surface area contributed by atoms with Gasteiger partial charge in [0.25, 0.3) is 5.89 Å². The SMILES string of the molecule is Nc1cccc(OCc2noc(-c3ccco3)n2)c1. The summed E-state index contributed by atoms with van der Waals surface area (Å²) in [6, 6.07) is 10.6. The molecule has 3 aromatic rings. The second-order valence-electron chi connectivity index (χ2n) is 3.85. The Balaban J connectivity index is 1.68. The number of nitrogen functional groups attached to an aromatic ring is 1. The van der Waals surface area contributed by atoms with Crippen molar-refractivity contribution >= 4 is 5.69 Å². The maximum Gasteiger partial charge on any atom is 0.293 e. The van der Waals surface area contributed by atoms with E-state index < -0.39 is 0 Å². The molecule has 0 saturated carbocycles. The molecule has 3 rings (SSSR count). The van der Waals surface area contributed by atoms with Crippen molar-refractivity contribution in [2.45, 2.75) is 6.61 Å². The number of anilines is 1. The van der Waals surface area contributed by atoms with Gasteiger partial charge in [-0.2, -0.15) is 4.98 Å². The smallest absolute Gasteiger partial charge is 0.293 e. The maximum absolute atomic E-state index is 5.65. The fraction of sp³-hybridized carbons (Fsp3) is 0.0769. The third-order valence-electron chi connectivity index (χ3n) is 2.43. The maximum atomic E-state index is 5.65. The van der Waals surface area contributed by atoms with Crippen LogP contribution in [0.15, 0.2) is 51.6 Å². The number of rotatable bonds is 4. The standard InChI is InChI=1S/C13H11N3O3/c14-9-3-1-4-10(7-9)18-8-12-15-13(19-16-12)11-5-2-6-17-11/h1-7H,8,14H2. The van der Waals surface area contributed by atoms with Crippen molar-refractivity contribution in [3.63, 3.8) is 0 Å². The van der Waals surface area contributed by atoms with E-state index in [0.29, 0.717) is 28.9 Å². The van der Waals surface area contributed by atoms with E-state index in [4.69, 9.17) is 19.4 Å². The zero-order valence-corrected chi connectivity index (χ0v) is 9.95. The van der Waals surface area contributed by atoms with Gasteiger partial charge in [0.1, 0.15) is 5.75 Å². The van der Waals surface area contributed by atoms with Gasteiger partial charge in [0, 0.05) is 11.8 Å². The Labute approximate surface area is 108 Å². The lowest BCUT2D eigenvalue weighted by Gasteiger charge is -2.03. The molecule has 6 nitrogen and oxygen atoms in total. The number of nitrogens with zero attached hydrogens (tertiary/aromatic N) is 2. The summed E-state index contributed by atoms with van der Waals surface area (Å²) in [5.41, 5.74) is 6.29. The van der Waals surface area contributed by atoms with Gasteiger partial charge >= 0.3 is 0 Å². The van der Waals surface area contributed by atoms with Crippen molar-refractivity contribution in [2.24, 2.45) is 0 Å². The molecule has 0 saturated heterocycles. The van der Waals surface area contributed by atoms with Crippen LogP contribution in [0.1, 0.15) is 5.82 Å². The summed E-state index contributed by atoms with van der Waals surface area (Å²) < 4.78 is 15.7. The number of aromatic nitrogens is 2. The summed E-state index contributed by atoms with van der Waals surface area (Å²) in [6.45, 7) is 0.202. The minimum atomic E-state index is 0.202. The van der Waals surface area contributed by atoms with E-state index >= 15 is 0 Å². The van der Waals surface area contributed by atoms with Crippen LogP contribution in [0.25, 0.3) is 11.7 Å². The molecule has 0 amide bonds. The molecule has 0 spiro atoms. The molecule has 0 aliphatic heterocycles. The molecule has 1 aromatic carbocycles. The monoisotopic (exact) mass is 257 g/mol. The Kier molecular flexibility index (Phi) is 2.89. The van der Waals surface area contributed by atoms with Gasteiger partial charge in [-0.25, -0.2) is 0 Å². The first-order valence-electron chi connectivity index (χ1n) is 5.66. The summed E-state index contributed by atoms with van der Waals surface area (Å²) in [7, 11) is 0. The normalized spacial score (nSPS) is 10.5. The zero-order valence-electron chi connectivity index (χ0n) is 9.95. The third kappa shape index (κ3) is 2.57. The van der Waals surface area contributed by atoms with Crippen molar-refractivity contribution in [1.82, 2.24) is 10.1 Å². The van der Waals surface area contributed by atoms with Gasteiger partial charge in [-0.05, 0) is 24.3 Å². The summed E-state index contributed by atoms with van der Waals surface area (Å²) in [6.07, 6.45) is 1.54. The minimum Gasteiger partial charge on any atom is -0.485 e. The molecule has 0 atom stereocenters. The van der Waals surface area contributed by atoms with Crippen molar-refractivity contribution in [3.05, 3.63) is 48.5 Å². The van der Waals surface area contributed by atoms with Crippen LogP contribution in [-0.2, 0) is 6.61 Å². The molecule has 2 heterocycles. The van der Waals surface area contributed by atoms with Crippen molar-refractivity contribution in [2.75, 3.05) is 5.73 Å². The summed E-state index contributed by atoms with van der Waals surface area (Å²) in [5, 5.41) is 3.81. The van der Waals surface area contributed by atoms with Crippen LogP contribution in [-0.4, -0.2) is 10.1 Å². The van der Waals surface area contributed by atoms with E-state index in [1.54, 1.807) is 30.5 Å². The highest BCUT2D eigenvalue weighted by Crippen LogP contribution is 2.19. The topological polar surface area (TPSA) is 87.3 Å². The lowest BCUT2D eigenvalue weighted by molar-refractivity contribution is 0.287. The van der Waals surface area contributed by atoms with E-state index in [1.165, 1.54) is 0 Å². The van der Waals surface area contributed by atoms with E-state index in [2.05, 4.69) is 10.1 Å². The number of ether oxygens (including phenoxy) is 1. The average molecular weight is 257 g/mol. The minimum absolute atomic E-state index is 0.202. The molecule has 19 heavy (non-hydrogen) atoms. The van der Waals surface area contributed by atoms with Crippen molar-refractivity contribution < 1.29 is 13.7 Å². The number of hydrogen-bond donors (Lipinski definition) is 1. The predicted octanol–water partition coefficient (Wildman–Crippen LogP) is 2.49. The van der Waals surface area contributed by atoms with Crippen molar-refractivity contribution in [3.8, 4) is 17.4 Å². The molecule has 2 N–H and O–H groups in total. The van der Waals surface area contributed by atoms with Crippen molar-refractivity contribution in [1.29, 1.82) is 0 Å². The molecule has 96 valence electrons.